The maximum atomic E-state index is 6.19. The lowest BCUT2D eigenvalue weighted by Gasteiger charge is -2.24. The standard InChI is InChI=1S/C19H27NO/c1-3-11-20-17-8-6-4-5-7-16(17)19-13-15-12-14(2)9-10-18(15)21-19/h9-10,12-13,16-17,20H,3-8,11H2,1-2H3. The number of benzene rings is 1. The molecule has 1 aliphatic carbocycles. The van der Waals surface area contributed by atoms with Crippen molar-refractivity contribution in [2.75, 3.05) is 6.54 Å². The lowest BCUT2D eigenvalue weighted by atomic mass is 9.92. The van der Waals surface area contributed by atoms with Crippen molar-refractivity contribution in [3.63, 3.8) is 0 Å². The molecule has 0 amide bonds. The van der Waals surface area contributed by atoms with Gasteiger partial charge in [0.25, 0.3) is 0 Å². The maximum absolute atomic E-state index is 6.19. The van der Waals surface area contributed by atoms with Gasteiger partial charge in [0.1, 0.15) is 11.3 Å². The molecular weight excluding hydrogens is 258 g/mol. The van der Waals surface area contributed by atoms with Gasteiger partial charge in [-0.25, -0.2) is 0 Å². The van der Waals surface area contributed by atoms with Crippen molar-refractivity contribution in [1.82, 2.24) is 5.32 Å². The summed E-state index contributed by atoms with van der Waals surface area (Å²) in [6.07, 6.45) is 7.76. The van der Waals surface area contributed by atoms with Gasteiger partial charge >= 0.3 is 0 Å². The third-order valence-corrected chi connectivity index (χ3v) is 4.73. The van der Waals surface area contributed by atoms with Gasteiger partial charge in [0.15, 0.2) is 0 Å². The van der Waals surface area contributed by atoms with E-state index in [4.69, 9.17) is 4.42 Å². The van der Waals surface area contributed by atoms with Crippen molar-refractivity contribution in [1.29, 1.82) is 0 Å². The van der Waals surface area contributed by atoms with Crippen LogP contribution in [0.3, 0.4) is 0 Å². The maximum Gasteiger partial charge on any atom is 0.134 e. The van der Waals surface area contributed by atoms with Crippen molar-refractivity contribution >= 4 is 11.0 Å². The molecule has 1 saturated carbocycles. The molecule has 1 aromatic heterocycles. The number of furan rings is 1. The summed E-state index contributed by atoms with van der Waals surface area (Å²) in [4.78, 5) is 0. The summed E-state index contributed by atoms with van der Waals surface area (Å²) in [7, 11) is 0. The molecule has 1 aromatic carbocycles. The molecule has 0 aliphatic heterocycles. The number of fused-ring (bicyclic) bond motifs is 1. The van der Waals surface area contributed by atoms with Crippen molar-refractivity contribution < 1.29 is 4.42 Å². The first-order valence-corrected chi connectivity index (χ1v) is 8.51. The van der Waals surface area contributed by atoms with E-state index in [1.807, 2.05) is 0 Å². The molecule has 2 atom stereocenters. The van der Waals surface area contributed by atoms with Gasteiger partial charge in [0.2, 0.25) is 0 Å². The molecule has 2 aromatic rings. The van der Waals surface area contributed by atoms with E-state index in [0.29, 0.717) is 12.0 Å². The topological polar surface area (TPSA) is 25.2 Å². The third kappa shape index (κ3) is 3.32. The van der Waals surface area contributed by atoms with Gasteiger partial charge in [0.05, 0.1) is 0 Å². The van der Waals surface area contributed by atoms with E-state index in [2.05, 4.69) is 43.4 Å². The van der Waals surface area contributed by atoms with Gasteiger partial charge in [-0.15, -0.1) is 0 Å². The highest BCUT2D eigenvalue weighted by molar-refractivity contribution is 5.78. The second-order valence-corrected chi connectivity index (χ2v) is 6.50. The molecule has 2 unspecified atom stereocenters. The van der Waals surface area contributed by atoms with Crippen LogP contribution in [0, 0.1) is 6.92 Å². The van der Waals surface area contributed by atoms with E-state index in [9.17, 15) is 0 Å². The molecule has 1 aliphatic rings. The molecule has 114 valence electrons. The first-order valence-electron chi connectivity index (χ1n) is 8.51. The molecular formula is C19H27NO. The van der Waals surface area contributed by atoms with E-state index in [0.717, 1.165) is 12.1 Å². The zero-order valence-electron chi connectivity index (χ0n) is 13.3. The SMILES string of the molecule is CCCNC1CCCCCC1c1cc2cc(C)ccc2o1. The summed E-state index contributed by atoms with van der Waals surface area (Å²) in [5.74, 6) is 1.72. The summed E-state index contributed by atoms with van der Waals surface area (Å²) < 4.78 is 6.19. The predicted molar refractivity (Wildman–Crippen MR) is 88.9 cm³/mol. The second kappa shape index (κ2) is 6.65. The van der Waals surface area contributed by atoms with Gasteiger partial charge < -0.3 is 9.73 Å². The molecule has 1 heterocycles. The smallest absolute Gasteiger partial charge is 0.134 e. The average molecular weight is 285 g/mol. The van der Waals surface area contributed by atoms with Gasteiger partial charge in [-0.2, -0.15) is 0 Å². The Morgan fingerprint density at radius 3 is 2.86 bits per heavy atom. The number of hydrogen-bond acceptors (Lipinski definition) is 2. The molecule has 0 bridgehead atoms. The fourth-order valence-corrected chi connectivity index (χ4v) is 3.59. The lowest BCUT2D eigenvalue weighted by Crippen LogP contribution is -2.34. The van der Waals surface area contributed by atoms with Gasteiger partial charge in [-0.3, -0.25) is 0 Å². The van der Waals surface area contributed by atoms with E-state index in [1.54, 1.807) is 0 Å². The summed E-state index contributed by atoms with van der Waals surface area (Å²) in [5, 5.41) is 5.01. The Hall–Kier alpha value is -1.28. The monoisotopic (exact) mass is 285 g/mol. The average Bonchev–Trinajstić information content (AvgIpc) is 2.75. The Bertz CT molecular complexity index is 586. The van der Waals surface area contributed by atoms with Crippen molar-refractivity contribution in [2.24, 2.45) is 0 Å². The Morgan fingerprint density at radius 2 is 2.00 bits per heavy atom. The minimum absolute atomic E-state index is 0.534. The largest absolute Gasteiger partial charge is 0.461 e. The van der Waals surface area contributed by atoms with Crippen LogP contribution in [0.4, 0.5) is 0 Å². The van der Waals surface area contributed by atoms with Crippen LogP contribution in [0.2, 0.25) is 0 Å². The normalized spacial score (nSPS) is 23.3. The predicted octanol–water partition coefficient (Wildman–Crippen LogP) is 5.16. The van der Waals surface area contributed by atoms with Crippen molar-refractivity contribution in [3.8, 4) is 0 Å². The van der Waals surface area contributed by atoms with Gasteiger partial charge in [-0.05, 0) is 50.9 Å². The van der Waals surface area contributed by atoms with Crippen LogP contribution < -0.4 is 5.32 Å². The Balaban J connectivity index is 1.88. The fourth-order valence-electron chi connectivity index (χ4n) is 3.59. The number of rotatable bonds is 4. The minimum atomic E-state index is 0.534. The second-order valence-electron chi connectivity index (χ2n) is 6.50. The Kier molecular flexibility index (Phi) is 4.64. The van der Waals surface area contributed by atoms with Crippen LogP contribution >= 0.6 is 0 Å². The highest BCUT2D eigenvalue weighted by Gasteiger charge is 2.27. The van der Waals surface area contributed by atoms with E-state index in [-0.39, 0.29) is 0 Å². The summed E-state index contributed by atoms with van der Waals surface area (Å²) in [5.41, 5.74) is 2.34. The first-order chi connectivity index (χ1) is 10.3. The van der Waals surface area contributed by atoms with Crippen LogP contribution in [-0.2, 0) is 0 Å². The van der Waals surface area contributed by atoms with E-state index >= 15 is 0 Å². The van der Waals surface area contributed by atoms with E-state index in [1.165, 1.54) is 55.2 Å². The summed E-state index contributed by atoms with van der Waals surface area (Å²) in [6.45, 7) is 5.49. The van der Waals surface area contributed by atoms with Gasteiger partial charge in [-0.1, -0.05) is 37.8 Å². The first kappa shape index (κ1) is 14.6. The minimum Gasteiger partial charge on any atom is -0.461 e. The third-order valence-electron chi connectivity index (χ3n) is 4.73. The molecule has 21 heavy (non-hydrogen) atoms. The van der Waals surface area contributed by atoms with Crippen LogP contribution in [-0.4, -0.2) is 12.6 Å². The Labute approximate surface area is 127 Å². The zero-order valence-corrected chi connectivity index (χ0v) is 13.3. The Morgan fingerprint density at radius 1 is 1.14 bits per heavy atom. The molecule has 0 radical (unpaired) electrons. The molecule has 0 saturated heterocycles. The highest BCUT2D eigenvalue weighted by atomic mass is 16.3. The summed E-state index contributed by atoms with van der Waals surface area (Å²) >= 11 is 0. The number of nitrogens with one attached hydrogen (secondary N) is 1. The number of hydrogen-bond donors (Lipinski definition) is 1. The van der Waals surface area contributed by atoms with E-state index < -0.39 is 0 Å². The zero-order chi connectivity index (χ0) is 14.7. The van der Waals surface area contributed by atoms with Gasteiger partial charge in [0, 0.05) is 17.3 Å². The van der Waals surface area contributed by atoms with Crippen LogP contribution in [0.5, 0.6) is 0 Å². The lowest BCUT2D eigenvalue weighted by molar-refractivity contribution is 0.364. The molecule has 2 nitrogen and oxygen atoms in total. The highest BCUT2D eigenvalue weighted by Crippen LogP contribution is 2.35. The molecule has 3 rings (SSSR count). The molecule has 1 N–H and O–H groups in total. The quantitative estimate of drug-likeness (QED) is 0.785. The summed E-state index contributed by atoms with van der Waals surface area (Å²) in [6, 6.07) is 9.33. The number of aryl methyl sites for hydroxylation is 1. The molecule has 0 spiro atoms. The van der Waals surface area contributed by atoms with Crippen molar-refractivity contribution in [3.05, 3.63) is 35.6 Å². The fraction of sp³-hybridized carbons (Fsp3) is 0.579. The van der Waals surface area contributed by atoms with Crippen LogP contribution in [0.1, 0.15) is 62.7 Å². The molecule has 2 heteroatoms. The molecule has 1 fully saturated rings. The van der Waals surface area contributed by atoms with Crippen LogP contribution in [0.15, 0.2) is 28.7 Å². The van der Waals surface area contributed by atoms with Crippen molar-refractivity contribution in [2.45, 2.75) is 64.3 Å². The van der Waals surface area contributed by atoms with Crippen LogP contribution in [0.25, 0.3) is 11.0 Å².